The first-order chi connectivity index (χ1) is 19.2. The number of nitrogens with one attached hydrogen (secondary N) is 2. The normalized spacial score (nSPS) is 12.6. The van der Waals surface area contributed by atoms with Gasteiger partial charge in [-0.3, -0.25) is 9.59 Å². The van der Waals surface area contributed by atoms with Crippen molar-refractivity contribution >= 4 is 29.1 Å². The van der Waals surface area contributed by atoms with Crippen LogP contribution in [0.3, 0.4) is 0 Å². The standard InChI is InChI=1S/C28H21ClF6N4O2/c1-16(17-5-7-18(8-6-17)26(41)37-21-11-9-19(10-12-21)27(30,31)32)25(40)36-15-23-14-24(28(33,34)35)38-39(23)22-4-2-3-20(29)13-22/h2-14,16H,15H2,1H3,(H,36,40)(H,37,41). The van der Waals surface area contributed by atoms with E-state index in [2.05, 4.69) is 15.7 Å². The average Bonchev–Trinajstić information content (AvgIpc) is 3.36. The van der Waals surface area contributed by atoms with Gasteiger partial charge in [0.1, 0.15) is 0 Å². The van der Waals surface area contributed by atoms with Gasteiger partial charge in [-0.1, -0.05) is 29.8 Å². The van der Waals surface area contributed by atoms with Gasteiger partial charge < -0.3 is 10.6 Å². The summed E-state index contributed by atoms with van der Waals surface area (Å²) in [7, 11) is 0. The molecule has 0 bridgehead atoms. The summed E-state index contributed by atoms with van der Waals surface area (Å²) in [5.41, 5.74) is -0.711. The van der Waals surface area contributed by atoms with E-state index in [0.29, 0.717) is 10.6 Å². The van der Waals surface area contributed by atoms with Gasteiger partial charge >= 0.3 is 12.4 Å². The number of amides is 2. The molecule has 3 aromatic carbocycles. The number of hydrogen-bond donors (Lipinski definition) is 2. The number of rotatable bonds is 7. The Balaban J connectivity index is 1.41. The summed E-state index contributed by atoms with van der Waals surface area (Å²) in [4.78, 5) is 25.3. The van der Waals surface area contributed by atoms with E-state index in [4.69, 9.17) is 11.6 Å². The maximum Gasteiger partial charge on any atom is 0.435 e. The first kappa shape index (κ1) is 29.7. The largest absolute Gasteiger partial charge is 0.435 e. The Morgan fingerprint density at radius 1 is 0.902 bits per heavy atom. The van der Waals surface area contributed by atoms with Crippen molar-refractivity contribution in [2.45, 2.75) is 31.7 Å². The fourth-order valence-electron chi connectivity index (χ4n) is 3.87. The minimum Gasteiger partial charge on any atom is -0.350 e. The maximum atomic E-state index is 13.3. The Morgan fingerprint density at radius 2 is 1.56 bits per heavy atom. The van der Waals surface area contributed by atoms with Crippen molar-refractivity contribution in [3.8, 4) is 5.69 Å². The summed E-state index contributed by atoms with van der Waals surface area (Å²) in [6.07, 6.45) is -9.19. The molecule has 6 nitrogen and oxygen atoms in total. The molecule has 0 aliphatic rings. The van der Waals surface area contributed by atoms with E-state index in [1.807, 2.05) is 0 Å². The van der Waals surface area contributed by atoms with Gasteiger partial charge in [-0.05, 0) is 73.2 Å². The highest BCUT2D eigenvalue weighted by Gasteiger charge is 2.35. The Labute approximate surface area is 234 Å². The number of alkyl halides is 6. The zero-order chi connectivity index (χ0) is 29.9. The van der Waals surface area contributed by atoms with Gasteiger partial charge in [0, 0.05) is 16.3 Å². The topological polar surface area (TPSA) is 76.0 Å². The number of anilines is 1. The minimum absolute atomic E-state index is 0.0791. The lowest BCUT2D eigenvalue weighted by Crippen LogP contribution is -2.28. The Kier molecular flexibility index (Phi) is 8.43. The van der Waals surface area contributed by atoms with Crippen molar-refractivity contribution in [1.29, 1.82) is 0 Å². The number of carbonyl (C=O) groups excluding carboxylic acids is 2. The molecule has 2 N–H and O–H groups in total. The third kappa shape index (κ3) is 7.26. The highest BCUT2D eigenvalue weighted by molar-refractivity contribution is 6.30. The summed E-state index contributed by atoms with van der Waals surface area (Å²) in [5.74, 6) is -1.78. The molecular weight excluding hydrogens is 574 g/mol. The molecule has 0 radical (unpaired) electrons. The lowest BCUT2D eigenvalue weighted by molar-refractivity contribution is -0.141. The molecular formula is C28H21ClF6N4O2. The second-order valence-corrected chi connectivity index (χ2v) is 9.44. The molecule has 41 heavy (non-hydrogen) atoms. The molecule has 1 unspecified atom stereocenters. The molecule has 0 saturated carbocycles. The van der Waals surface area contributed by atoms with Crippen LogP contribution in [0.15, 0.2) is 78.9 Å². The molecule has 1 aromatic heterocycles. The summed E-state index contributed by atoms with van der Waals surface area (Å²) in [6.45, 7) is 1.33. The van der Waals surface area contributed by atoms with E-state index >= 15 is 0 Å². The molecule has 1 atom stereocenters. The van der Waals surface area contributed by atoms with E-state index < -0.39 is 41.3 Å². The van der Waals surface area contributed by atoms with Crippen LogP contribution in [0.5, 0.6) is 0 Å². The monoisotopic (exact) mass is 594 g/mol. The quantitative estimate of drug-likeness (QED) is 0.222. The molecule has 4 aromatic rings. The van der Waals surface area contributed by atoms with Crippen LogP contribution in [-0.4, -0.2) is 21.6 Å². The van der Waals surface area contributed by atoms with Gasteiger partial charge in [0.2, 0.25) is 5.91 Å². The van der Waals surface area contributed by atoms with E-state index in [1.165, 1.54) is 36.4 Å². The lowest BCUT2D eigenvalue weighted by atomic mass is 9.98. The molecule has 0 fully saturated rings. The molecule has 1 heterocycles. The van der Waals surface area contributed by atoms with Crippen molar-refractivity contribution in [3.05, 3.63) is 112 Å². The predicted octanol–water partition coefficient (Wildman–Crippen LogP) is 7.24. The van der Waals surface area contributed by atoms with Crippen LogP contribution in [0.4, 0.5) is 32.0 Å². The van der Waals surface area contributed by atoms with Crippen LogP contribution in [0.25, 0.3) is 5.69 Å². The first-order valence-corrected chi connectivity index (χ1v) is 12.4. The third-order valence-corrected chi connectivity index (χ3v) is 6.34. The number of hydrogen-bond acceptors (Lipinski definition) is 3. The third-order valence-electron chi connectivity index (χ3n) is 6.11. The van der Waals surface area contributed by atoms with Crippen LogP contribution >= 0.6 is 11.6 Å². The summed E-state index contributed by atoms with van der Waals surface area (Å²) < 4.78 is 79.2. The van der Waals surface area contributed by atoms with Crippen molar-refractivity contribution in [1.82, 2.24) is 15.1 Å². The number of carbonyl (C=O) groups is 2. The number of benzene rings is 3. The molecule has 0 spiro atoms. The maximum absolute atomic E-state index is 13.3. The number of aromatic nitrogens is 2. The summed E-state index contributed by atoms with van der Waals surface area (Å²) in [6, 6.07) is 16.9. The SMILES string of the molecule is CC(C(=O)NCc1cc(C(F)(F)F)nn1-c1cccc(Cl)c1)c1ccc(C(=O)Nc2ccc(C(F)(F)F)cc2)cc1. The fraction of sp³-hybridized carbons (Fsp3) is 0.179. The second kappa shape index (κ2) is 11.7. The van der Waals surface area contributed by atoms with Crippen LogP contribution in [0, 0.1) is 0 Å². The Morgan fingerprint density at radius 3 is 2.15 bits per heavy atom. The first-order valence-electron chi connectivity index (χ1n) is 12.0. The van der Waals surface area contributed by atoms with Gasteiger partial charge in [0.15, 0.2) is 5.69 Å². The van der Waals surface area contributed by atoms with Crippen molar-refractivity contribution in [2.24, 2.45) is 0 Å². The Bertz CT molecular complexity index is 1550. The van der Waals surface area contributed by atoms with Crippen molar-refractivity contribution in [3.63, 3.8) is 0 Å². The zero-order valence-corrected chi connectivity index (χ0v) is 21.9. The van der Waals surface area contributed by atoms with E-state index in [0.717, 1.165) is 35.0 Å². The predicted molar refractivity (Wildman–Crippen MR) is 140 cm³/mol. The highest BCUT2D eigenvalue weighted by Crippen LogP contribution is 2.31. The van der Waals surface area contributed by atoms with Crippen LogP contribution in [-0.2, 0) is 23.7 Å². The number of halogens is 7. The van der Waals surface area contributed by atoms with Crippen LogP contribution < -0.4 is 10.6 Å². The molecule has 214 valence electrons. The second-order valence-electron chi connectivity index (χ2n) is 9.00. The summed E-state index contributed by atoms with van der Waals surface area (Å²) in [5, 5.41) is 9.05. The molecule has 13 heteroatoms. The van der Waals surface area contributed by atoms with E-state index in [-0.39, 0.29) is 29.2 Å². The molecule has 0 aliphatic heterocycles. The fourth-order valence-corrected chi connectivity index (χ4v) is 4.05. The van der Waals surface area contributed by atoms with Gasteiger partial charge in [-0.2, -0.15) is 31.4 Å². The van der Waals surface area contributed by atoms with Gasteiger partial charge in [0.25, 0.3) is 5.91 Å². The van der Waals surface area contributed by atoms with Crippen LogP contribution in [0.1, 0.15) is 45.7 Å². The molecule has 2 amide bonds. The molecule has 4 rings (SSSR count). The van der Waals surface area contributed by atoms with Gasteiger partial charge in [-0.25, -0.2) is 4.68 Å². The lowest BCUT2D eigenvalue weighted by Gasteiger charge is -2.14. The van der Waals surface area contributed by atoms with E-state index in [1.54, 1.807) is 19.1 Å². The van der Waals surface area contributed by atoms with Gasteiger partial charge in [-0.15, -0.1) is 0 Å². The molecule has 0 saturated heterocycles. The zero-order valence-electron chi connectivity index (χ0n) is 21.1. The van der Waals surface area contributed by atoms with E-state index in [9.17, 15) is 35.9 Å². The van der Waals surface area contributed by atoms with Gasteiger partial charge in [0.05, 0.1) is 29.4 Å². The molecule has 0 aliphatic carbocycles. The summed E-state index contributed by atoms with van der Waals surface area (Å²) >= 11 is 5.98. The van der Waals surface area contributed by atoms with Crippen molar-refractivity contribution in [2.75, 3.05) is 5.32 Å². The van der Waals surface area contributed by atoms with Crippen LogP contribution in [0.2, 0.25) is 5.02 Å². The number of nitrogens with zero attached hydrogens (tertiary/aromatic N) is 2. The van der Waals surface area contributed by atoms with Crippen molar-refractivity contribution < 1.29 is 35.9 Å². The highest BCUT2D eigenvalue weighted by atomic mass is 35.5. The average molecular weight is 595 g/mol. The Hall–Kier alpha value is -4.32. The smallest absolute Gasteiger partial charge is 0.350 e. The minimum atomic E-state index is -4.70.